The standard InChI is InChI=1S/C8H14O8S2/c1-17(9,10)15-5-3-13-8-6(4-14-7(5)8)16-18(2,11)12/h5-8H,3-4H2,1-2H3/t5-,6-,7-,8+/m0/s1. The second-order valence-electron chi connectivity index (χ2n) is 4.27. The van der Waals surface area contributed by atoms with Crippen LogP contribution < -0.4 is 0 Å². The summed E-state index contributed by atoms with van der Waals surface area (Å²) in [6.07, 6.45) is -0.936. The van der Waals surface area contributed by atoms with E-state index in [2.05, 4.69) is 0 Å². The average Bonchev–Trinajstić information content (AvgIpc) is 2.66. The Balaban J connectivity index is 2.03. The van der Waals surface area contributed by atoms with Crippen molar-refractivity contribution in [3.05, 3.63) is 0 Å². The quantitative estimate of drug-likeness (QED) is 0.576. The summed E-state index contributed by atoms with van der Waals surface area (Å²) in [5, 5.41) is 0. The molecule has 0 N–H and O–H groups in total. The average molecular weight is 302 g/mol. The second-order valence-corrected chi connectivity index (χ2v) is 7.47. The molecule has 2 aliphatic heterocycles. The Labute approximate surface area is 105 Å². The van der Waals surface area contributed by atoms with E-state index in [1.165, 1.54) is 0 Å². The first-order chi connectivity index (χ1) is 8.16. The van der Waals surface area contributed by atoms with Gasteiger partial charge < -0.3 is 9.47 Å². The number of hydrogen-bond acceptors (Lipinski definition) is 8. The van der Waals surface area contributed by atoms with Crippen LogP contribution in [0.15, 0.2) is 0 Å². The van der Waals surface area contributed by atoms with Crippen LogP contribution in [0.2, 0.25) is 0 Å². The second kappa shape index (κ2) is 4.69. The van der Waals surface area contributed by atoms with E-state index >= 15 is 0 Å². The van der Waals surface area contributed by atoms with Crippen LogP contribution in [-0.2, 0) is 38.1 Å². The minimum Gasteiger partial charge on any atom is -0.370 e. The topological polar surface area (TPSA) is 105 Å². The number of hydrogen-bond donors (Lipinski definition) is 0. The molecule has 0 saturated carbocycles. The van der Waals surface area contributed by atoms with Gasteiger partial charge in [-0.1, -0.05) is 0 Å². The summed E-state index contributed by atoms with van der Waals surface area (Å²) in [5.41, 5.74) is 0. The fraction of sp³-hybridized carbons (Fsp3) is 1.00. The van der Waals surface area contributed by atoms with E-state index in [1.54, 1.807) is 0 Å². The number of ether oxygens (including phenoxy) is 2. The molecule has 0 unspecified atom stereocenters. The van der Waals surface area contributed by atoms with Gasteiger partial charge in [0.25, 0.3) is 20.2 Å². The Morgan fingerprint density at radius 2 is 1.17 bits per heavy atom. The molecule has 0 radical (unpaired) electrons. The highest BCUT2D eigenvalue weighted by Gasteiger charge is 2.51. The van der Waals surface area contributed by atoms with Gasteiger partial charge >= 0.3 is 0 Å². The lowest BCUT2D eigenvalue weighted by atomic mass is 10.1. The van der Waals surface area contributed by atoms with Crippen LogP contribution in [-0.4, -0.2) is 67.0 Å². The number of rotatable bonds is 4. The van der Waals surface area contributed by atoms with Crippen LogP contribution in [0.1, 0.15) is 0 Å². The third kappa shape index (κ3) is 3.39. The summed E-state index contributed by atoms with van der Waals surface area (Å²) in [6.45, 7) is 0.0397. The molecule has 2 fully saturated rings. The molecule has 2 heterocycles. The van der Waals surface area contributed by atoms with Crippen molar-refractivity contribution < 1.29 is 34.7 Å². The summed E-state index contributed by atoms with van der Waals surface area (Å²) in [4.78, 5) is 0. The monoisotopic (exact) mass is 302 g/mol. The smallest absolute Gasteiger partial charge is 0.264 e. The largest absolute Gasteiger partial charge is 0.370 e. The van der Waals surface area contributed by atoms with Gasteiger partial charge in [-0.05, 0) is 0 Å². The van der Waals surface area contributed by atoms with Crippen molar-refractivity contribution in [1.82, 2.24) is 0 Å². The third-order valence-corrected chi connectivity index (χ3v) is 3.75. The Kier molecular flexibility index (Phi) is 3.69. The molecule has 18 heavy (non-hydrogen) atoms. The molecule has 0 aliphatic carbocycles. The van der Waals surface area contributed by atoms with Crippen LogP contribution in [0.25, 0.3) is 0 Å². The lowest BCUT2D eigenvalue weighted by molar-refractivity contribution is 0.0226. The highest BCUT2D eigenvalue weighted by Crippen LogP contribution is 2.31. The summed E-state index contributed by atoms with van der Waals surface area (Å²) in [6, 6.07) is 0. The zero-order valence-electron chi connectivity index (χ0n) is 9.81. The highest BCUT2D eigenvalue weighted by molar-refractivity contribution is 7.86. The van der Waals surface area contributed by atoms with E-state index in [-0.39, 0.29) is 13.2 Å². The summed E-state index contributed by atoms with van der Waals surface area (Å²) in [7, 11) is -7.24. The molecule has 0 aromatic heterocycles. The van der Waals surface area contributed by atoms with E-state index in [0.717, 1.165) is 12.5 Å². The summed E-state index contributed by atoms with van der Waals surface area (Å²) in [5.74, 6) is 0. The van der Waals surface area contributed by atoms with Crippen molar-refractivity contribution in [3.63, 3.8) is 0 Å². The first kappa shape index (κ1) is 14.2. The van der Waals surface area contributed by atoms with E-state index in [1.807, 2.05) is 0 Å². The fourth-order valence-electron chi connectivity index (χ4n) is 2.04. The molecule has 2 rings (SSSR count). The normalized spacial score (nSPS) is 36.8. The van der Waals surface area contributed by atoms with E-state index in [4.69, 9.17) is 17.8 Å². The zero-order valence-corrected chi connectivity index (χ0v) is 11.4. The molecule has 0 amide bonds. The lowest BCUT2D eigenvalue weighted by Gasteiger charge is -2.15. The minimum atomic E-state index is -3.62. The molecule has 2 saturated heterocycles. The molecule has 10 heteroatoms. The highest BCUT2D eigenvalue weighted by atomic mass is 32.2. The van der Waals surface area contributed by atoms with Gasteiger partial charge in [-0.15, -0.1) is 0 Å². The van der Waals surface area contributed by atoms with Gasteiger partial charge in [-0.25, -0.2) is 0 Å². The molecule has 4 atom stereocenters. The van der Waals surface area contributed by atoms with Crippen molar-refractivity contribution in [1.29, 1.82) is 0 Å². The van der Waals surface area contributed by atoms with Gasteiger partial charge in [0.15, 0.2) is 0 Å². The van der Waals surface area contributed by atoms with Crippen LogP contribution in [0.3, 0.4) is 0 Å². The predicted molar refractivity (Wildman–Crippen MR) is 58.9 cm³/mol. The molecule has 0 spiro atoms. The molecule has 2 aliphatic rings. The molecule has 0 aromatic rings. The van der Waals surface area contributed by atoms with E-state index in [0.29, 0.717) is 0 Å². The van der Waals surface area contributed by atoms with E-state index < -0.39 is 44.7 Å². The molecular weight excluding hydrogens is 288 g/mol. The first-order valence-corrected chi connectivity index (χ1v) is 8.79. The van der Waals surface area contributed by atoms with Gasteiger partial charge in [0.05, 0.1) is 25.7 Å². The van der Waals surface area contributed by atoms with Crippen LogP contribution in [0, 0.1) is 0 Å². The Morgan fingerprint density at radius 1 is 0.833 bits per heavy atom. The fourth-order valence-corrected chi connectivity index (χ4v) is 3.27. The Morgan fingerprint density at radius 3 is 1.44 bits per heavy atom. The van der Waals surface area contributed by atoms with Gasteiger partial charge in [0.1, 0.15) is 24.4 Å². The van der Waals surface area contributed by atoms with Crippen LogP contribution in [0.5, 0.6) is 0 Å². The maximum Gasteiger partial charge on any atom is 0.264 e. The third-order valence-electron chi connectivity index (χ3n) is 2.56. The van der Waals surface area contributed by atoms with Crippen molar-refractivity contribution in [2.45, 2.75) is 24.4 Å². The maximum absolute atomic E-state index is 11.0. The van der Waals surface area contributed by atoms with Crippen LogP contribution >= 0.6 is 0 Å². The Bertz CT molecular complexity index is 461. The Hall–Kier alpha value is -0.260. The molecular formula is C8H14O8S2. The van der Waals surface area contributed by atoms with Gasteiger partial charge in [0.2, 0.25) is 0 Å². The van der Waals surface area contributed by atoms with Crippen LogP contribution in [0.4, 0.5) is 0 Å². The van der Waals surface area contributed by atoms with Crippen molar-refractivity contribution >= 4 is 20.2 Å². The molecule has 0 aromatic carbocycles. The zero-order chi connectivity index (χ0) is 13.6. The molecule has 8 nitrogen and oxygen atoms in total. The molecule has 106 valence electrons. The predicted octanol–water partition coefficient (Wildman–Crippen LogP) is -1.53. The van der Waals surface area contributed by atoms with Crippen molar-refractivity contribution in [3.8, 4) is 0 Å². The van der Waals surface area contributed by atoms with Gasteiger partial charge in [-0.3, -0.25) is 8.37 Å². The lowest BCUT2D eigenvalue weighted by Crippen LogP contribution is -2.35. The van der Waals surface area contributed by atoms with E-state index in [9.17, 15) is 16.8 Å². The summed E-state index contributed by atoms with van der Waals surface area (Å²) < 4.78 is 64.3. The maximum atomic E-state index is 11.0. The summed E-state index contributed by atoms with van der Waals surface area (Å²) >= 11 is 0. The van der Waals surface area contributed by atoms with Gasteiger partial charge in [-0.2, -0.15) is 16.8 Å². The van der Waals surface area contributed by atoms with Gasteiger partial charge in [0, 0.05) is 0 Å². The molecule has 0 bridgehead atoms. The first-order valence-electron chi connectivity index (χ1n) is 5.15. The van der Waals surface area contributed by atoms with Crippen molar-refractivity contribution in [2.75, 3.05) is 25.7 Å². The number of fused-ring (bicyclic) bond motifs is 1. The SMILES string of the molecule is CS(=O)(=O)O[C@H]1CO[C@H]2[C@H]1OC[C@@H]2OS(C)(=O)=O. The van der Waals surface area contributed by atoms with Crippen molar-refractivity contribution in [2.24, 2.45) is 0 Å². The minimum absolute atomic E-state index is 0.0199.